The molecule has 1 heterocycles. The normalized spacial score (nSPS) is 18.9. The fourth-order valence-electron chi connectivity index (χ4n) is 2.99. The van der Waals surface area contributed by atoms with Gasteiger partial charge in [0.2, 0.25) is 5.92 Å². The van der Waals surface area contributed by atoms with Crippen LogP contribution in [0.4, 0.5) is 13.2 Å². The second kappa shape index (κ2) is 4.51. The summed E-state index contributed by atoms with van der Waals surface area (Å²) in [6.45, 7) is 8.53. The summed E-state index contributed by atoms with van der Waals surface area (Å²) in [5.74, 6) is -3.57. The molecule has 1 aromatic heterocycles. The summed E-state index contributed by atoms with van der Waals surface area (Å²) >= 11 is 0. The quantitative estimate of drug-likeness (QED) is 0.776. The molecule has 0 atom stereocenters. The molecule has 0 aromatic carbocycles. The van der Waals surface area contributed by atoms with Crippen molar-refractivity contribution >= 4 is 12.8 Å². The van der Waals surface area contributed by atoms with Crippen LogP contribution in [0.25, 0.3) is 6.08 Å². The van der Waals surface area contributed by atoms with Gasteiger partial charge in [0.15, 0.2) is 5.82 Å². The van der Waals surface area contributed by atoms with Crippen LogP contribution in [0.1, 0.15) is 43.1 Å². The second-order valence-corrected chi connectivity index (χ2v) is 5.04. The molecular formula is C14H14F3N3. The summed E-state index contributed by atoms with van der Waals surface area (Å²) in [7, 11) is 0. The number of nitrogens with zero attached hydrogens (tertiary/aromatic N) is 3. The third-order valence-corrected chi connectivity index (χ3v) is 3.94. The van der Waals surface area contributed by atoms with Gasteiger partial charge in [-0.1, -0.05) is 13.5 Å². The van der Waals surface area contributed by atoms with Gasteiger partial charge < -0.3 is 0 Å². The number of nitriles is 1. The van der Waals surface area contributed by atoms with Gasteiger partial charge in [0, 0.05) is 25.0 Å². The highest BCUT2D eigenvalue weighted by Crippen LogP contribution is 2.56. The molecule has 0 spiro atoms. The maximum Gasteiger partial charge on any atom is 0.250 e. The predicted molar refractivity (Wildman–Crippen MR) is 70.3 cm³/mol. The molecule has 106 valence electrons. The van der Waals surface area contributed by atoms with Crippen LogP contribution in [0, 0.1) is 17.1 Å². The van der Waals surface area contributed by atoms with Crippen molar-refractivity contribution in [2.24, 2.45) is 5.10 Å². The van der Waals surface area contributed by atoms with Crippen molar-refractivity contribution in [3.05, 3.63) is 29.3 Å². The summed E-state index contributed by atoms with van der Waals surface area (Å²) in [4.78, 5) is 0. The summed E-state index contributed by atoms with van der Waals surface area (Å²) < 4.78 is 41.9. The van der Waals surface area contributed by atoms with Gasteiger partial charge in [-0.15, -0.1) is 0 Å². The predicted octanol–water partition coefficient (Wildman–Crippen LogP) is 3.68. The van der Waals surface area contributed by atoms with Crippen LogP contribution < -0.4 is 0 Å². The first-order valence-electron chi connectivity index (χ1n) is 6.18. The fraction of sp³-hybridized carbons (Fsp3) is 0.429. The third kappa shape index (κ3) is 1.77. The zero-order valence-corrected chi connectivity index (χ0v) is 11.1. The molecule has 1 saturated carbocycles. The smallest absolute Gasteiger partial charge is 0.233 e. The van der Waals surface area contributed by atoms with Crippen molar-refractivity contribution in [1.82, 2.24) is 4.68 Å². The maximum atomic E-state index is 14.2. The van der Waals surface area contributed by atoms with Crippen LogP contribution in [-0.2, 0) is 5.41 Å². The van der Waals surface area contributed by atoms with Gasteiger partial charge >= 0.3 is 0 Å². The first-order chi connectivity index (χ1) is 9.35. The maximum absolute atomic E-state index is 14.2. The van der Waals surface area contributed by atoms with Gasteiger partial charge in [-0.25, -0.2) is 17.8 Å². The third-order valence-electron chi connectivity index (χ3n) is 3.94. The van der Waals surface area contributed by atoms with Gasteiger partial charge in [-0.2, -0.15) is 10.4 Å². The highest BCUT2D eigenvalue weighted by atomic mass is 19.3. The number of aromatic nitrogens is 1. The van der Waals surface area contributed by atoms with Crippen LogP contribution >= 0.6 is 0 Å². The topological polar surface area (TPSA) is 41.1 Å². The number of hydrogen-bond donors (Lipinski definition) is 0. The Kier molecular flexibility index (Phi) is 3.24. The van der Waals surface area contributed by atoms with E-state index in [2.05, 4.69) is 18.4 Å². The Balaban J connectivity index is 2.71. The summed E-state index contributed by atoms with van der Waals surface area (Å²) in [5, 5.41) is 12.8. The molecule has 0 aliphatic heterocycles. The first-order valence-corrected chi connectivity index (χ1v) is 6.18. The van der Waals surface area contributed by atoms with E-state index >= 15 is 0 Å². The lowest BCUT2D eigenvalue weighted by molar-refractivity contribution is -0.130. The average molecular weight is 281 g/mol. The molecule has 6 heteroatoms. The number of halogens is 3. The zero-order valence-electron chi connectivity index (χ0n) is 11.1. The SMILES string of the molecule is C=Cc1c(F)c(C#N)c(C2(CC)CC(F)(F)C2)n1N=C. The Morgan fingerprint density at radius 3 is 2.45 bits per heavy atom. The second-order valence-electron chi connectivity index (χ2n) is 5.04. The molecule has 2 rings (SSSR count). The van der Waals surface area contributed by atoms with Crippen molar-refractivity contribution in [3.8, 4) is 6.07 Å². The number of rotatable bonds is 4. The van der Waals surface area contributed by atoms with Crippen LogP contribution in [0.5, 0.6) is 0 Å². The lowest BCUT2D eigenvalue weighted by Gasteiger charge is -2.47. The molecule has 20 heavy (non-hydrogen) atoms. The summed E-state index contributed by atoms with van der Waals surface area (Å²) in [6, 6.07) is 1.75. The molecular weight excluding hydrogens is 267 g/mol. The lowest BCUT2D eigenvalue weighted by Crippen LogP contribution is -2.50. The van der Waals surface area contributed by atoms with Crippen LogP contribution in [0.15, 0.2) is 11.7 Å². The molecule has 0 N–H and O–H groups in total. The summed E-state index contributed by atoms with van der Waals surface area (Å²) in [6.07, 6.45) is 0.739. The van der Waals surface area contributed by atoms with Crippen LogP contribution in [-0.4, -0.2) is 17.3 Å². The van der Waals surface area contributed by atoms with Gasteiger partial charge in [0.25, 0.3) is 0 Å². The van der Waals surface area contributed by atoms with Crippen molar-refractivity contribution in [3.63, 3.8) is 0 Å². The standard InChI is InChI=1S/C14H14F3N3/c1-4-10-11(15)9(6-18)12(20(10)19-3)13(5-2)7-14(16,17)8-13/h4H,1,3,5,7-8H2,2H3. The Bertz CT molecular complexity index is 615. The molecule has 0 saturated heterocycles. The van der Waals surface area contributed by atoms with Gasteiger partial charge in [-0.05, 0) is 12.5 Å². The Morgan fingerprint density at radius 1 is 1.50 bits per heavy atom. The van der Waals surface area contributed by atoms with Gasteiger partial charge in [0.1, 0.15) is 17.3 Å². The molecule has 1 aliphatic rings. The van der Waals surface area contributed by atoms with E-state index in [1.165, 1.54) is 6.08 Å². The molecule has 1 fully saturated rings. The molecule has 0 bridgehead atoms. The summed E-state index contributed by atoms with van der Waals surface area (Å²) in [5.41, 5.74) is -1.03. The Morgan fingerprint density at radius 2 is 2.10 bits per heavy atom. The highest BCUT2D eigenvalue weighted by Gasteiger charge is 2.59. The van der Waals surface area contributed by atoms with Crippen molar-refractivity contribution < 1.29 is 13.2 Å². The van der Waals surface area contributed by atoms with Gasteiger partial charge in [-0.3, -0.25) is 0 Å². The minimum absolute atomic E-state index is 0.0189. The Labute approximate surface area is 115 Å². The number of hydrogen-bond acceptors (Lipinski definition) is 2. The molecule has 3 nitrogen and oxygen atoms in total. The van der Waals surface area contributed by atoms with E-state index in [9.17, 15) is 13.2 Å². The minimum Gasteiger partial charge on any atom is -0.233 e. The molecule has 0 unspecified atom stereocenters. The molecule has 0 amide bonds. The molecule has 1 aliphatic carbocycles. The van der Waals surface area contributed by atoms with Crippen molar-refractivity contribution in [1.29, 1.82) is 5.26 Å². The first kappa shape index (κ1) is 14.4. The largest absolute Gasteiger partial charge is 0.250 e. The van der Waals surface area contributed by atoms with E-state index in [1.807, 2.05) is 0 Å². The van der Waals surface area contributed by atoms with E-state index in [4.69, 9.17) is 5.26 Å². The molecule has 0 radical (unpaired) electrons. The van der Waals surface area contributed by atoms with Gasteiger partial charge in [0.05, 0.1) is 5.69 Å². The lowest BCUT2D eigenvalue weighted by atomic mass is 9.61. The fourth-order valence-corrected chi connectivity index (χ4v) is 2.99. The van der Waals surface area contributed by atoms with E-state index in [0.29, 0.717) is 6.42 Å². The Hall–Kier alpha value is -2.03. The highest BCUT2D eigenvalue weighted by molar-refractivity contribution is 5.55. The van der Waals surface area contributed by atoms with Crippen molar-refractivity contribution in [2.75, 3.05) is 0 Å². The van der Waals surface area contributed by atoms with E-state index < -0.39 is 30.0 Å². The van der Waals surface area contributed by atoms with Crippen LogP contribution in [0.3, 0.4) is 0 Å². The molecule has 1 aromatic rings. The minimum atomic E-state index is -2.79. The zero-order chi connectivity index (χ0) is 15.1. The number of alkyl halides is 2. The van der Waals surface area contributed by atoms with E-state index in [-0.39, 0.29) is 17.0 Å². The van der Waals surface area contributed by atoms with Crippen molar-refractivity contribution in [2.45, 2.75) is 37.5 Å². The van der Waals surface area contributed by atoms with Crippen LogP contribution in [0.2, 0.25) is 0 Å². The van der Waals surface area contributed by atoms with E-state index in [1.54, 1.807) is 13.0 Å². The van der Waals surface area contributed by atoms with E-state index in [0.717, 1.165) is 4.68 Å². The monoisotopic (exact) mass is 281 g/mol. The average Bonchev–Trinajstić information content (AvgIpc) is 2.66.